The number of carbonyl (C=O) groups excluding carboxylic acids is 1. The van der Waals surface area contributed by atoms with Gasteiger partial charge in [-0.15, -0.1) is 0 Å². The van der Waals surface area contributed by atoms with E-state index < -0.39 is 15.9 Å². The Labute approximate surface area is 211 Å². The van der Waals surface area contributed by atoms with E-state index in [-0.39, 0.29) is 21.9 Å². The fraction of sp³-hybridized carbons (Fsp3) is 0.360. The van der Waals surface area contributed by atoms with Gasteiger partial charge in [-0.2, -0.15) is 8.42 Å². The van der Waals surface area contributed by atoms with Gasteiger partial charge >= 0.3 is 0 Å². The van der Waals surface area contributed by atoms with Crippen molar-refractivity contribution in [1.82, 2.24) is 19.7 Å². The average Bonchev–Trinajstić information content (AvgIpc) is 3.10. The van der Waals surface area contributed by atoms with Crippen LogP contribution in [0.15, 0.2) is 47.6 Å². The molecule has 4 rings (SSSR count). The fourth-order valence-corrected chi connectivity index (χ4v) is 5.27. The zero-order valence-corrected chi connectivity index (χ0v) is 21.8. The summed E-state index contributed by atoms with van der Waals surface area (Å²) in [5.41, 5.74) is 7.68. The van der Waals surface area contributed by atoms with Gasteiger partial charge in [0.1, 0.15) is 11.6 Å². The molecule has 1 atom stereocenters. The topological polar surface area (TPSA) is 140 Å². The number of methoxy groups -OCH3 is 1. The van der Waals surface area contributed by atoms with Crippen molar-refractivity contribution in [3.8, 4) is 17.1 Å². The summed E-state index contributed by atoms with van der Waals surface area (Å²) in [4.78, 5) is 28.4. The molecular weight excluding hydrogens is 480 g/mol. The molecule has 0 radical (unpaired) electrons. The second-order valence-corrected chi connectivity index (χ2v) is 11.1. The number of amides is 1. The average molecular weight is 511 g/mol. The van der Waals surface area contributed by atoms with Crippen molar-refractivity contribution in [2.45, 2.75) is 44.7 Å². The molecule has 0 aromatic carbocycles. The summed E-state index contributed by atoms with van der Waals surface area (Å²) < 4.78 is 33.1. The maximum atomic E-state index is 13.3. The summed E-state index contributed by atoms with van der Waals surface area (Å²) in [5.74, 6) is 0.498. The number of nitrogen functional groups attached to an aromatic ring is 1. The standard InChI is InChI=1S/C25H30N6O4S/c1-15-13-17(14-27-24(15)35-5)19-10-9-18(22(28-19)31-12-11-16(2)25(31,3)4)23(32)30-36(33,34)21-8-6-7-20(26)29-21/h6-10,13-14,16H,11-12H2,1-5H3,(H2,26,29)(H,30,32). The number of aryl methyl sites for hydroxylation is 1. The number of hydrogen-bond donors (Lipinski definition) is 2. The number of nitrogens with one attached hydrogen (secondary N) is 1. The molecule has 0 aliphatic carbocycles. The Bertz CT molecular complexity index is 1420. The SMILES string of the molecule is COc1ncc(-c2ccc(C(=O)NS(=O)(=O)c3cccc(N)n3)c(N3CCC(C)C3(C)C)n2)cc1C. The number of nitrogens with two attached hydrogens (primary N) is 1. The minimum Gasteiger partial charge on any atom is -0.481 e. The number of carbonyl (C=O) groups is 1. The Balaban J connectivity index is 1.78. The van der Waals surface area contributed by atoms with E-state index in [1.54, 1.807) is 25.4 Å². The maximum absolute atomic E-state index is 13.3. The summed E-state index contributed by atoms with van der Waals surface area (Å²) in [6.07, 6.45) is 2.57. The fourth-order valence-electron chi connectivity index (χ4n) is 4.33. The highest BCUT2D eigenvalue weighted by atomic mass is 32.2. The van der Waals surface area contributed by atoms with Crippen molar-refractivity contribution in [2.75, 3.05) is 24.3 Å². The van der Waals surface area contributed by atoms with Crippen molar-refractivity contribution in [1.29, 1.82) is 0 Å². The van der Waals surface area contributed by atoms with Gasteiger partial charge in [-0.25, -0.2) is 19.7 Å². The smallest absolute Gasteiger partial charge is 0.281 e. The number of pyridine rings is 3. The summed E-state index contributed by atoms with van der Waals surface area (Å²) in [7, 11) is -2.69. The molecule has 3 aromatic heterocycles. The van der Waals surface area contributed by atoms with Crippen LogP contribution in [0.4, 0.5) is 11.6 Å². The Morgan fingerprint density at radius 1 is 1.22 bits per heavy atom. The van der Waals surface area contributed by atoms with Crippen LogP contribution in [0.1, 0.15) is 43.1 Å². The molecule has 36 heavy (non-hydrogen) atoms. The van der Waals surface area contributed by atoms with Crippen molar-refractivity contribution in [3.63, 3.8) is 0 Å². The number of sulfonamides is 1. The van der Waals surface area contributed by atoms with Crippen molar-refractivity contribution in [2.24, 2.45) is 5.92 Å². The van der Waals surface area contributed by atoms with Gasteiger partial charge in [-0.1, -0.05) is 13.0 Å². The van der Waals surface area contributed by atoms with E-state index in [9.17, 15) is 13.2 Å². The Morgan fingerprint density at radius 3 is 2.58 bits per heavy atom. The Hall–Kier alpha value is -3.73. The highest BCUT2D eigenvalue weighted by molar-refractivity contribution is 7.90. The molecule has 1 amide bonds. The second-order valence-electron chi connectivity index (χ2n) is 9.45. The summed E-state index contributed by atoms with van der Waals surface area (Å²) in [6, 6.07) is 9.38. The lowest BCUT2D eigenvalue weighted by atomic mass is 9.90. The number of nitrogens with zero attached hydrogens (tertiary/aromatic N) is 4. The van der Waals surface area contributed by atoms with E-state index in [0.29, 0.717) is 29.9 Å². The molecule has 1 saturated heterocycles. The van der Waals surface area contributed by atoms with Gasteiger partial charge in [0.2, 0.25) is 5.88 Å². The van der Waals surface area contributed by atoms with E-state index in [1.165, 1.54) is 18.2 Å². The summed E-state index contributed by atoms with van der Waals surface area (Å²) >= 11 is 0. The first-order chi connectivity index (χ1) is 16.9. The van der Waals surface area contributed by atoms with Gasteiger partial charge in [0, 0.05) is 29.4 Å². The molecular formula is C25H30N6O4S. The number of anilines is 2. The van der Waals surface area contributed by atoms with Gasteiger partial charge in [-0.3, -0.25) is 4.79 Å². The largest absolute Gasteiger partial charge is 0.481 e. The lowest BCUT2D eigenvalue weighted by Gasteiger charge is -2.36. The molecule has 190 valence electrons. The van der Waals surface area contributed by atoms with Crippen molar-refractivity contribution in [3.05, 3.63) is 53.7 Å². The predicted molar refractivity (Wildman–Crippen MR) is 137 cm³/mol. The third-order valence-electron chi connectivity index (χ3n) is 6.83. The second kappa shape index (κ2) is 9.38. The monoisotopic (exact) mass is 510 g/mol. The summed E-state index contributed by atoms with van der Waals surface area (Å²) in [5, 5.41) is -0.336. The molecule has 1 aliphatic rings. The third-order valence-corrected chi connectivity index (χ3v) is 8.06. The van der Waals surface area contributed by atoms with E-state index in [2.05, 4.69) is 40.4 Å². The number of ether oxygens (including phenoxy) is 1. The molecule has 3 N–H and O–H groups in total. The first-order valence-electron chi connectivity index (χ1n) is 11.5. The zero-order valence-electron chi connectivity index (χ0n) is 20.9. The van der Waals surface area contributed by atoms with E-state index in [1.807, 2.05) is 13.0 Å². The number of aromatic nitrogens is 3. The van der Waals surface area contributed by atoms with Crippen LogP contribution in [-0.2, 0) is 10.0 Å². The van der Waals surface area contributed by atoms with E-state index in [0.717, 1.165) is 17.5 Å². The molecule has 3 aromatic rings. The first kappa shape index (κ1) is 25.4. The van der Waals surface area contributed by atoms with Gasteiger partial charge < -0.3 is 15.4 Å². The van der Waals surface area contributed by atoms with Crippen LogP contribution in [0.2, 0.25) is 0 Å². The van der Waals surface area contributed by atoms with Crippen LogP contribution >= 0.6 is 0 Å². The van der Waals surface area contributed by atoms with E-state index >= 15 is 0 Å². The van der Waals surface area contributed by atoms with Crippen LogP contribution in [0.25, 0.3) is 11.3 Å². The molecule has 0 saturated carbocycles. The van der Waals surface area contributed by atoms with Gasteiger partial charge in [0.25, 0.3) is 15.9 Å². The van der Waals surface area contributed by atoms with Crippen LogP contribution in [0.5, 0.6) is 5.88 Å². The Morgan fingerprint density at radius 2 is 1.97 bits per heavy atom. The molecule has 1 fully saturated rings. The molecule has 0 bridgehead atoms. The van der Waals surface area contributed by atoms with Crippen LogP contribution in [0, 0.1) is 12.8 Å². The lowest BCUT2D eigenvalue weighted by Crippen LogP contribution is -2.43. The minimum absolute atomic E-state index is 0.0354. The molecule has 11 heteroatoms. The number of hydrogen-bond acceptors (Lipinski definition) is 9. The third kappa shape index (κ3) is 4.70. The highest BCUT2D eigenvalue weighted by Crippen LogP contribution is 2.39. The summed E-state index contributed by atoms with van der Waals surface area (Å²) in [6.45, 7) is 8.89. The van der Waals surface area contributed by atoms with Gasteiger partial charge in [0.05, 0.1) is 18.4 Å². The van der Waals surface area contributed by atoms with Gasteiger partial charge in [-0.05, 0) is 63.4 Å². The maximum Gasteiger partial charge on any atom is 0.281 e. The molecule has 4 heterocycles. The van der Waals surface area contributed by atoms with Crippen LogP contribution in [-0.4, -0.2) is 48.5 Å². The van der Waals surface area contributed by atoms with E-state index in [4.69, 9.17) is 15.5 Å². The van der Waals surface area contributed by atoms with Crippen LogP contribution < -0.4 is 20.1 Å². The van der Waals surface area contributed by atoms with Crippen LogP contribution in [0.3, 0.4) is 0 Å². The molecule has 1 unspecified atom stereocenters. The van der Waals surface area contributed by atoms with Crippen molar-refractivity contribution >= 4 is 27.6 Å². The number of rotatable bonds is 6. The highest BCUT2D eigenvalue weighted by Gasteiger charge is 2.41. The molecule has 0 spiro atoms. The van der Waals surface area contributed by atoms with Gasteiger partial charge in [0.15, 0.2) is 5.03 Å². The quantitative estimate of drug-likeness (QED) is 0.511. The normalized spacial score (nSPS) is 17.1. The minimum atomic E-state index is -4.25. The first-order valence-corrected chi connectivity index (χ1v) is 13.0. The molecule has 10 nitrogen and oxygen atoms in total. The van der Waals surface area contributed by atoms with Crippen molar-refractivity contribution < 1.29 is 17.9 Å². The lowest BCUT2D eigenvalue weighted by molar-refractivity contribution is 0.0981. The molecule has 1 aliphatic heterocycles. The predicted octanol–water partition coefficient (Wildman–Crippen LogP) is 3.18. The Kier molecular flexibility index (Phi) is 6.61. The zero-order chi connectivity index (χ0) is 26.3.